The molecule has 0 radical (unpaired) electrons. The summed E-state index contributed by atoms with van der Waals surface area (Å²) in [6.45, 7) is 10.1. The molecule has 0 atom stereocenters. The summed E-state index contributed by atoms with van der Waals surface area (Å²) >= 11 is 0. The molecule has 7 heteroatoms. The van der Waals surface area contributed by atoms with Gasteiger partial charge in [0.05, 0.1) is 12.2 Å². The third-order valence-corrected chi connectivity index (χ3v) is 4.76. The Morgan fingerprint density at radius 1 is 0.967 bits per heavy atom. The lowest BCUT2D eigenvalue weighted by Crippen LogP contribution is -2.35. The van der Waals surface area contributed by atoms with Crippen molar-refractivity contribution < 1.29 is 19.2 Å². The number of nitrogens with one attached hydrogen (secondary N) is 2. The summed E-state index contributed by atoms with van der Waals surface area (Å²) in [4.78, 5) is 49.0. The number of hydrogen-bond acceptors (Lipinski definition) is 4. The van der Waals surface area contributed by atoms with Crippen molar-refractivity contribution in [3.8, 4) is 11.1 Å². The topological polar surface area (TPSA) is 95.6 Å². The lowest BCUT2D eigenvalue weighted by Gasteiger charge is -2.18. The number of Topliss-reactive ketones (excluding diaryl/α,β-unsaturated/α-hetero) is 1. The molecule has 1 aliphatic rings. The summed E-state index contributed by atoms with van der Waals surface area (Å²) in [5.74, 6) is -1.53. The van der Waals surface area contributed by atoms with Crippen LogP contribution in [0.25, 0.3) is 11.1 Å². The van der Waals surface area contributed by atoms with E-state index in [4.69, 9.17) is 0 Å². The highest BCUT2D eigenvalue weighted by atomic mass is 16.2. The molecule has 0 aromatic heterocycles. The smallest absolute Gasteiger partial charge is 0.271 e. The van der Waals surface area contributed by atoms with Crippen LogP contribution in [0.15, 0.2) is 67.0 Å². The van der Waals surface area contributed by atoms with E-state index >= 15 is 0 Å². The van der Waals surface area contributed by atoms with E-state index in [1.807, 2.05) is 18.2 Å². The first kappa shape index (κ1) is 20.7. The van der Waals surface area contributed by atoms with E-state index < -0.39 is 5.91 Å². The predicted molar refractivity (Wildman–Crippen MR) is 113 cm³/mol. The minimum absolute atomic E-state index is 0.0643. The van der Waals surface area contributed by atoms with Gasteiger partial charge in [0.2, 0.25) is 5.91 Å². The third-order valence-electron chi connectivity index (χ3n) is 4.76. The van der Waals surface area contributed by atoms with Gasteiger partial charge in [-0.05, 0) is 34.9 Å². The lowest BCUT2D eigenvalue weighted by atomic mass is 9.97. The van der Waals surface area contributed by atoms with Crippen LogP contribution >= 0.6 is 0 Å². The lowest BCUT2D eigenvalue weighted by molar-refractivity contribution is -0.120. The number of carbonyl (C=O) groups excluding carboxylic acids is 4. The summed E-state index contributed by atoms with van der Waals surface area (Å²) in [6.07, 6.45) is 0. The third kappa shape index (κ3) is 4.05. The highest BCUT2D eigenvalue weighted by Gasteiger charge is 2.33. The Morgan fingerprint density at radius 2 is 1.60 bits per heavy atom. The second kappa shape index (κ2) is 8.16. The van der Waals surface area contributed by atoms with Gasteiger partial charge >= 0.3 is 0 Å². The van der Waals surface area contributed by atoms with Gasteiger partial charge in [0.25, 0.3) is 11.8 Å². The molecule has 30 heavy (non-hydrogen) atoms. The van der Waals surface area contributed by atoms with Crippen LogP contribution in [0.4, 0.5) is 5.69 Å². The van der Waals surface area contributed by atoms with Crippen molar-refractivity contribution in [2.45, 2.75) is 20.4 Å². The zero-order valence-corrected chi connectivity index (χ0v) is 16.7. The molecular weight excluding hydrogens is 382 g/mol. The van der Waals surface area contributed by atoms with Crippen LogP contribution in [-0.4, -0.2) is 28.4 Å². The number of hydrogen-bond donors (Lipinski definition) is 2. The number of nitrogens with zero attached hydrogens (tertiary/aromatic N) is 1. The number of amides is 3. The van der Waals surface area contributed by atoms with Crippen LogP contribution < -0.4 is 10.6 Å². The molecule has 2 aromatic rings. The summed E-state index contributed by atoms with van der Waals surface area (Å²) in [7, 11) is 0. The van der Waals surface area contributed by atoms with Crippen LogP contribution in [0.1, 0.15) is 29.8 Å². The standard InChI is InChI=1S/C23H21N3O4/c1-13(15(3)27)24-22(29)14(2)26-12-21-19(6-5-7-20(21)23(26)30)17-8-10-18(11-9-17)25-16(4)28/h5-11H,1-2,12H2,3-4H3,(H,24,29)(H,25,28). The van der Waals surface area contributed by atoms with Gasteiger partial charge < -0.3 is 10.6 Å². The summed E-state index contributed by atoms with van der Waals surface area (Å²) in [5.41, 5.74) is 3.52. The number of carbonyl (C=O) groups is 4. The van der Waals surface area contributed by atoms with Gasteiger partial charge in [-0.1, -0.05) is 37.4 Å². The van der Waals surface area contributed by atoms with Crippen LogP contribution in [0.5, 0.6) is 0 Å². The molecule has 7 nitrogen and oxygen atoms in total. The second-order valence-corrected chi connectivity index (χ2v) is 6.92. The largest absolute Gasteiger partial charge is 0.326 e. The first-order valence-corrected chi connectivity index (χ1v) is 9.21. The molecule has 2 aromatic carbocycles. The van der Waals surface area contributed by atoms with Gasteiger partial charge in [-0.3, -0.25) is 24.1 Å². The maximum absolute atomic E-state index is 12.9. The Kier molecular flexibility index (Phi) is 5.64. The average molecular weight is 403 g/mol. The average Bonchev–Trinajstić information content (AvgIpc) is 3.04. The first-order valence-electron chi connectivity index (χ1n) is 9.21. The van der Waals surface area contributed by atoms with Crippen molar-refractivity contribution in [3.05, 3.63) is 78.1 Å². The molecule has 0 aliphatic carbocycles. The SMILES string of the molecule is C=C(NC(=O)C(=C)N1Cc2c(cccc2-c2ccc(NC(C)=O)cc2)C1=O)C(C)=O. The van der Waals surface area contributed by atoms with E-state index in [0.29, 0.717) is 11.3 Å². The fourth-order valence-electron chi connectivity index (χ4n) is 3.18. The number of anilines is 1. The van der Waals surface area contributed by atoms with Gasteiger partial charge in [0, 0.05) is 25.1 Å². The summed E-state index contributed by atoms with van der Waals surface area (Å²) in [5, 5.41) is 5.07. The monoisotopic (exact) mass is 403 g/mol. The summed E-state index contributed by atoms with van der Waals surface area (Å²) in [6, 6.07) is 12.6. The van der Waals surface area contributed by atoms with Crippen molar-refractivity contribution in [2.75, 3.05) is 5.32 Å². The first-order chi connectivity index (χ1) is 14.2. The number of ketones is 1. The molecule has 0 spiro atoms. The Morgan fingerprint density at radius 3 is 2.20 bits per heavy atom. The molecule has 2 N–H and O–H groups in total. The molecule has 1 heterocycles. The zero-order chi connectivity index (χ0) is 22.0. The number of rotatable bonds is 6. The molecule has 0 fully saturated rings. The minimum atomic E-state index is -0.655. The summed E-state index contributed by atoms with van der Waals surface area (Å²) < 4.78 is 0. The van der Waals surface area contributed by atoms with Gasteiger partial charge in [-0.25, -0.2) is 0 Å². The van der Waals surface area contributed by atoms with E-state index in [1.165, 1.54) is 18.7 Å². The molecule has 3 amide bonds. The van der Waals surface area contributed by atoms with E-state index in [-0.39, 0.29) is 35.5 Å². The van der Waals surface area contributed by atoms with Gasteiger partial charge in [0.15, 0.2) is 5.78 Å². The molecule has 152 valence electrons. The predicted octanol–water partition coefficient (Wildman–Crippen LogP) is 3.00. The van der Waals surface area contributed by atoms with E-state index in [2.05, 4.69) is 23.8 Å². The Labute approximate surface area is 174 Å². The van der Waals surface area contributed by atoms with Crippen molar-refractivity contribution >= 4 is 29.2 Å². The number of benzene rings is 2. The zero-order valence-electron chi connectivity index (χ0n) is 16.7. The van der Waals surface area contributed by atoms with Crippen molar-refractivity contribution in [2.24, 2.45) is 0 Å². The molecule has 1 aliphatic heterocycles. The molecule has 0 bridgehead atoms. The van der Waals surface area contributed by atoms with Crippen molar-refractivity contribution in [1.29, 1.82) is 0 Å². The van der Waals surface area contributed by atoms with Crippen LogP contribution in [0.2, 0.25) is 0 Å². The normalized spacial score (nSPS) is 12.2. The molecule has 0 unspecified atom stereocenters. The van der Waals surface area contributed by atoms with Crippen molar-refractivity contribution in [3.63, 3.8) is 0 Å². The number of fused-ring (bicyclic) bond motifs is 1. The highest BCUT2D eigenvalue weighted by molar-refractivity contribution is 6.08. The Bertz CT molecular complexity index is 1100. The maximum Gasteiger partial charge on any atom is 0.271 e. The molecule has 0 saturated heterocycles. The molecule has 3 rings (SSSR count). The fourth-order valence-corrected chi connectivity index (χ4v) is 3.18. The van der Waals surface area contributed by atoms with Crippen molar-refractivity contribution in [1.82, 2.24) is 10.2 Å². The highest BCUT2D eigenvalue weighted by Crippen LogP contribution is 2.34. The fraction of sp³-hybridized carbons (Fsp3) is 0.130. The van der Waals surface area contributed by atoms with Crippen LogP contribution in [0, 0.1) is 0 Å². The second-order valence-electron chi connectivity index (χ2n) is 6.92. The van der Waals surface area contributed by atoms with E-state index in [0.717, 1.165) is 16.7 Å². The number of allylic oxidation sites excluding steroid dienone is 1. The van der Waals surface area contributed by atoms with Crippen LogP contribution in [-0.2, 0) is 20.9 Å². The minimum Gasteiger partial charge on any atom is -0.326 e. The van der Waals surface area contributed by atoms with E-state index in [9.17, 15) is 19.2 Å². The van der Waals surface area contributed by atoms with E-state index in [1.54, 1.807) is 24.3 Å². The molecule has 0 saturated carbocycles. The Balaban J connectivity index is 1.86. The van der Waals surface area contributed by atoms with Gasteiger partial charge in [0.1, 0.15) is 5.70 Å². The molecular formula is C23H21N3O4. The quantitative estimate of drug-likeness (QED) is 0.725. The Hall–Kier alpha value is -4.00. The maximum atomic E-state index is 12.9. The van der Waals surface area contributed by atoms with Gasteiger partial charge in [-0.15, -0.1) is 0 Å². The van der Waals surface area contributed by atoms with Crippen LogP contribution in [0.3, 0.4) is 0 Å². The van der Waals surface area contributed by atoms with Gasteiger partial charge in [-0.2, -0.15) is 0 Å².